The average molecular weight is 210 g/mol. The molecule has 4 heteroatoms. The zero-order chi connectivity index (χ0) is 10.5. The smallest absolute Gasteiger partial charge is 0.121 e. The van der Waals surface area contributed by atoms with Crippen LogP contribution in [0.1, 0.15) is 17.7 Å². The zero-order valence-corrected chi connectivity index (χ0v) is 8.95. The van der Waals surface area contributed by atoms with E-state index in [0.717, 1.165) is 45.0 Å². The predicted molar refractivity (Wildman–Crippen MR) is 57.3 cm³/mol. The minimum atomic E-state index is 0.479. The molecule has 1 fully saturated rings. The molecule has 1 aliphatic heterocycles. The summed E-state index contributed by atoms with van der Waals surface area (Å²) in [4.78, 5) is 2.39. The molecule has 2 heterocycles. The van der Waals surface area contributed by atoms with Crippen molar-refractivity contribution in [3.63, 3.8) is 0 Å². The molecular weight excluding hydrogens is 192 g/mol. The van der Waals surface area contributed by atoms with E-state index in [-0.39, 0.29) is 0 Å². The van der Waals surface area contributed by atoms with Gasteiger partial charge in [-0.15, -0.1) is 0 Å². The number of nitrogens with zero attached hydrogens (tertiary/aromatic N) is 1. The molecule has 1 aromatic heterocycles. The summed E-state index contributed by atoms with van der Waals surface area (Å²) < 4.78 is 10.7. The molecular formula is C11H18N2O2. The Balaban J connectivity index is 1.94. The molecule has 0 radical (unpaired) electrons. The third-order valence-corrected chi connectivity index (χ3v) is 2.73. The highest BCUT2D eigenvalue weighted by atomic mass is 16.5. The highest BCUT2D eigenvalue weighted by Crippen LogP contribution is 2.13. The van der Waals surface area contributed by atoms with E-state index in [1.807, 2.05) is 6.07 Å². The standard InChI is InChI=1S/C11H18N2O2/c12-8-11-10(2-6-15-11)9-13-3-1-5-14-7-4-13/h2,6H,1,3-5,7-9,12H2. The van der Waals surface area contributed by atoms with Gasteiger partial charge in [0.1, 0.15) is 5.76 Å². The summed E-state index contributed by atoms with van der Waals surface area (Å²) in [6, 6.07) is 2.01. The second-order valence-corrected chi connectivity index (χ2v) is 3.82. The maximum Gasteiger partial charge on any atom is 0.121 e. The molecule has 0 aromatic carbocycles. The topological polar surface area (TPSA) is 51.6 Å². The molecule has 1 aliphatic rings. The molecule has 0 saturated carbocycles. The van der Waals surface area contributed by atoms with Crippen molar-refractivity contribution >= 4 is 0 Å². The summed E-state index contributed by atoms with van der Waals surface area (Å²) in [5.41, 5.74) is 6.80. The van der Waals surface area contributed by atoms with Crippen LogP contribution in [-0.2, 0) is 17.8 Å². The van der Waals surface area contributed by atoms with Crippen molar-refractivity contribution < 1.29 is 9.15 Å². The van der Waals surface area contributed by atoms with Crippen LogP contribution in [0.4, 0.5) is 0 Å². The Morgan fingerprint density at radius 2 is 2.27 bits per heavy atom. The third-order valence-electron chi connectivity index (χ3n) is 2.73. The molecule has 0 unspecified atom stereocenters. The van der Waals surface area contributed by atoms with Crippen LogP contribution in [0.2, 0.25) is 0 Å². The Labute approximate surface area is 90.0 Å². The zero-order valence-electron chi connectivity index (χ0n) is 8.95. The maximum atomic E-state index is 5.59. The highest BCUT2D eigenvalue weighted by molar-refractivity contribution is 5.16. The van der Waals surface area contributed by atoms with Crippen LogP contribution in [0, 0.1) is 0 Å². The van der Waals surface area contributed by atoms with Crippen LogP contribution in [0.15, 0.2) is 16.7 Å². The van der Waals surface area contributed by atoms with E-state index in [1.165, 1.54) is 5.56 Å². The number of furan rings is 1. The lowest BCUT2D eigenvalue weighted by atomic mass is 10.2. The molecule has 0 bridgehead atoms. The normalized spacial score (nSPS) is 19.0. The Kier molecular flexibility index (Phi) is 3.77. The maximum absolute atomic E-state index is 5.59. The van der Waals surface area contributed by atoms with Gasteiger partial charge in [-0.05, 0) is 12.5 Å². The van der Waals surface area contributed by atoms with E-state index < -0.39 is 0 Å². The predicted octanol–water partition coefficient (Wildman–Crippen LogP) is 0.961. The van der Waals surface area contributed by atoms with Gasteiger partial charge in [0.2, 0.25) is 0 Å². The van der Waals surface area contributed by atoms with Crippen molar-refractivity contribution in [2.45, 2.75) is 19.5 Å². The Bertz CT molecular complexity index is 291. The molecule has 1 saturated heterocycles. The van der Waals surface area contributed by atoms with Gasteiger partial charge in [-0.3, -0.25) is 4.90 Å². The fraction of sp³-hybridized carbons (Fsp3) is 0.636. The molecule has 15 heavy (non-hydrogen) atoms. The van der Waals surface area contributed by atoms with Gasteiger partial charge in [0.05, 0.1) is 19.4 Å². The first kappa shape index (κ1) is 10.7. The first-order chi connectivity index (χ1) is 7.40. The molecule has 0 amide bonds. The van der Waals surface area contributed by atoms with Crippen molar-refractivity contribution in [1.29, 1.82) is 0 Å². The summed E-state index contributed by atoms with van der Waals surface area (Å²) in [7, 11) is 0. The summed E-state index contributed by atoms with van der Waals surface area (Å²) in [6.07, 6.45) is 2.82. The molecule has 1 aromatic rings. The lowest BCUT2D eigenvalue weighted by molar-refractivity contribution is 0.140. The number of nitrogens with two attached hydrogens (primary N) is 1. The number of rotatable bonds is 3. The molecule has 4 nitrogen and oxygen atoms in total. The van der Waals surface area contributed by atoms with Gasteiger partial charge in [-0.25, -0.2) is 0 Å². The molecule has 2 N–H and O–H groups in total. The van der Waals surface area contributed by atoms with Crippen LogP contribution in [0.5, 0.6) is 0 Å². The summed E-state index contributed by atoms with van der Waals surface area (Å²) in [6.45, 7) is 5.20. The van der Waals surface area contributed by atoms with E-state index in [2.05, 4.69) is 4.90 Å². The van der Waals surface area contributed by atoms with Crippen molar-refractivity contribution in [1.82, 2.24) is 4.90 Å². The molecule has 0 atom stereocenters. The Morgan fingerprint density at radius 1 is 1.33 bits per heavy atom. The number of hydrogen-bond acceptors (Lipinski definition) is 4. The van der Waals surface area contributed by atoms with Crippen LogP contribution in [-0.4, -0.2) is 31.2 Å². The average Bonchev–Trinajstić information content (AvgIpc) is 2.53. The van der Waals surface area contributed by atoms with E-state index in [4.69, 9.17) is 14.9 Å². The highest BCUT2D eigenvalue weighted by Gasteiger charge is 2.12. The lowest BCUT2D eigenvalue weighted by Crippen LogP contribution is -2.26. The first-order valence-electron chi connectivity index (χ1n) is 5.45. The Hall–Kier alpha value is -0.840. The van der Waals surface area contributed by atoms with Crippen LogP contribution in [0.3, 0.4) is 0 Å². The van der Waals surface area contributed by atoms with E-state index >= 15 is 0 Å². The minimum Gasteiger partial charge on any atom is -0.468 e. The van der Waals surface area contributed by atoms with Crippen molar-refractivity contribution in [2.24, 2.45) is 5.73 Å². The van der Waals surface area contributed by atoms with Gasteiger partial charge in [0, 0.05) is 31.8 Å². The van der Waals surface area contributed by atoms with E-state index in [9.17, 15) is 0 Å². The molecule has 0 spiro atoms. The number of hydrogen-bond donors (Lipinski definition) is 1. The number of ether oxygens (including phenoxy) is 1. The fourth-order valence-electron chi connectivity index (χ4n) is 1.88. The minimum absolute atomic E-state index is 0.479. The fourth-order valence-corrected chi connectivity index (χ4v) is 1.88. The monoisotopic (exact) mass is 210 g/mol. The SMILES string of the molecule is NCc1occc1CN1CCCOCC1. The van der Waals surface area contributed by atoms with Crippen LogP contribution in [0.25, 0.3) is 0 Å². The summed E-state index contributed by atoms with van der Waals surface area (Å²) >= 11 is 0. The second-order valence-electron chi connectivity index (χ2n) is 3.82. The van der Waals surface area contributed by atoms with Crippen LogP contribution < -0.4 is 5.73 Å². The largest absolute Gasteiger partial charge is 0.468 e. The van der Waals surface area contributed by atoms with Gasteiger partial charge in [-0.1, -0.05) is 0 Å². The van der Waals surface area contributed by atoms with Gasteiger partial charge in [0.25, 0.3) is 0 Å². The van der Waals surface area contributed by atoms with Gasteiger partial charge < -0.3 is 14.9 Å². The van der Waals surface area contributed by atoms with Crippen molar-refractivity contribution in [3.05, 3.63) is 23.7 Å². The van der Waals surface area contributed by atoms with Crippen molar-refractivity contribution in [3.8, 4) is 0 Å². The quantitative estimate of drug-likeness (QED) is 0.807. The molecule has 0 aliphatic carbocycles. The van der Waals surface area contributed by atoms with Gasteiger partial charge >= 0.3 is 0 Å². The van der Waals surface area contributed by atoms with Crippen LogP contribution >= 0.6 is 0 Å². The van der Waals surface area contributed by atoms with E-state index in [0.29, 0.717) is 6.54 Å². The molecule has 2 rings (SSSR count). The van der Waals surface area contributed by atoms with Gasteiger partial charge in [0.15, 0.2) is 0 Å². The Morgan fingerprint density at radius 3 is 3.13 bits per heavy atom. The first-order valence-corrected chi connectivity index (χ1v) is 5.45. The van der Waals surface area contributed by atoms with E-state index in [1.54, 1.807) is 6.26 Å². The third kappa shape index (κ3) is 2.81. The lowest BCUT2D eigenvalue weighted by Gasteiger charge is -2.18. The summed E-state index contributed by atoms with van der Waals surface area (Å²) in [5.74, 6) is 0.903. The van der Waals surface area contributed by atoms with Crippen molar-refractivity contribution in [2.75, 3.05) is 26.3 Å². The summed E-state index contributed by atoms with van der Waals surface area (Å²) in [5, 5.41) is 0. The van der Waals surface area contributed by atoms with Gasteiger partial charge in [-0.2, -0.15) is 0 Å². The molecule has 84 valence electrons. The second kappa shape index (κ2) is 5.30.